The van der Waals surface area contributed by atoms with Gasteiger partial charge in [-0.1, -0.05) is 30.3 Å². The van der Waals surface area contributed by atoms with Crippen molar-refractivity contribution in [3.05, 3.63) is 70.8 Å². The fraction of sp³-hybridized carbons (Fsp3) is 0.519. The SMILES string of the molecule is CNC(=O)COC1(c2cc(F)c(CC3[C@H](C)NC[C@@H](c4ccccc4)S3(=O)=O)cc2F)CC2(COC2)C1. The predicted molar refractivity (Wildman–Crippen MR) is 134 cm³/mol. The van der Waals surface area contributed by atoms with Crippen molar-refractivity contribution >= 4 is 15.7 Å². The smallest absolute Gasteiger partial charge is 0.245 e. The second kappa shape index (κ2) is 9.72. The van der Waals surface area contributed by atoms with Crippen molar-refractivity contribution in [3.63, 3.8) is 0 Å². The van der Waals surface area contributed by atoms with Gasteiger partial charge in [0.1, 0.15) is 18.2 Å². The van der Waals surface area contributed by atoms with Gasteiger partial charge in [0.25, 0.3) is 0 Å². The van der Waals surface area contributed by atoms with E-state index in [4.69, 9.17) is 9.47 Å². The van der Waals surface area contributed by atoms with Gasteiger partial charge in [0.05, 0.1) is 29.3 Å². The standard InChI is InChI=1S/C27H32F2N2O5S/c1-17-23(37(33,34)24(11-31-17)18-6-4-3-5-7-18)9-19-8-22(29)20(10-21(19)28)27(36-12-25(32)30-2)13-26(14-27)15-35-16-26/h3-8,10,17,23-24,31H,9,11-16H2,1-2H3,(H,30,32)/t17-,23?,24-/m0/s1. The largest absolute Gasteiger partial charge is 0.380 e. The molecule has 2 aromatic rings. The first-order chi connectivity index (χ1) is 17.6. The summed E-state index contributed by atoms with van der Waals surface area (Å²) in [5.41, 5.74) is -0.560. The van der Waals surface area contributed by atoms with E-state index in [0.717, 1.165) is 12.1 Å². The number of sulfone groups is 1. The highest BCUT2D eigenvalue weighted by Crippen LogP contribution is 2.60. The van der Waals surface area contributed by atoms with E-state index in [1.54, 1.807) is 31.2 Å². The molecule has 2 heterocycles. The molecule has 2 aliphatic heterocycles. The van der Waals surface area contributed by atoms with Crippen LogP contribution in [-0.4, -0.2) is 59.0 Å². The molecule has 10 heteroatoms. The van der Waals surface area contributed by atoms with Gasteiger partial charge in [0, 0.05) is 30.6 Å². The molecule has 1 aliphatic carbocycles. The highest BCUT2D eigenvalue weighted by atomic mass is 32.2. The molecule has 3 aliphatic rings. The van der Waals surface area contributed by atoms with Crippen LogP contribution in [0, 0.1) is 17.0 Å². The molecular formula is C27H32F2N2O5S. The van der Waals surface area contributed by atoms with Crippen molar-refractivity contribution in [1.29, 1.82) is 0 Å². The Hall–Kier alpha value is -2.40. The Kier molecular flexibility index (Phi) is 6.89. The molecular weight excluding hydrogens is 502 g/mol. The number of amides is 1. The first-order valence-corrected chi connectivity index (χ1v) is 14.1. The van der Waals surface area contributed by atoms with E-state index in [1.165, 1.54) is 7.05 Å². The summed E-state index contributed by atoms with van der Waals surface area (Å²) in [6, 6.07) is 10.7. The minimum atomic E-state index is -3.69. The number of halogens is 2. The molecule has 2 aromatic carbocycles. The Balaban J connectivity index is 1.42. The summed E-state index contributed by atoms with van der Waals surface area (Å²) in [5.74, 6) is -1.72. The molecule has 1 spiro atoms. The quantitative estimate of drug-likeness (QED) is 0.568. The Morgan fingerprint density at radius 1 is 1.16 bits per heavy atom. The molecule has 0 bridgehead atoms. The number of rotatable bonds is 7. The third-order valence-corrected chi connectivity index (χ3v) is 10.8. The van der Waals surface area contributed by atoms with Crippen LogP contribution >= 0.6 is 0 Å². The first kappa shape index (κ1) is 26.2. The van der Waals surface area contributed by atoms with E-state index in [0.29, 0.717) is 31.6 Å². The number of nitrogens with one attached hydrogen (secondary N) is 2. The highest BCUT2D eigenvalue weighted by molar-refractivity contribution is 7.92. The highest BCUT2D eigenvalue weighted by Gasteiger charge is 2.61. The van der Waals surface area contributed by atoms with Crippen LogP contribution in [0.15, 0.2) is 42.5 Å². The van der Waals surface area contributed by atoms with Crippen molar-refractivity contribution in [1.82, 2.24) is 10.6 Å². The van der Waals surface area contributed by atoms with Crippen LogP contribution < -0.4 is 10.6 Å². The van der Waals surface area contributed by atoms with E-state index < -0.39 is 43.6 Å². The molecule has 5 rings (SSSR count). The van der Waals surface area contributed by atoms with Crippen LogP contribution in [0.25, 0.3) is 0 Å². The summed E-state index contributed by atoms with van der Waals surface area (Å²) < 4.78 is 69.4. The Bertz CT molecular complexity index is 1280. The first-order valence-electron chi connectivity index (χ1n) is 12.5. The lowest BCUT2D eigenvalue weighted by molar-refractivity contribution is -0.261. The molecule has 0 radical (unpaired) electrons. The third-order valence-electron chi connectivity index (χ3n) is 8.12. The molecule has 7 nitrogen and oxygen atoms in total. The zero-order chi connectivity index (χ0) is 26.4. The Morgan fingerprint density at radius 2 is 1.86 bits per heavy atom. The van der Waals surface area contributed by atoms with Gasteiger partial charge in [-0.15, -0.1) is 0 Å². The van der Waals surface area contributed by atoms with Crippen molar-refractivity contribution in [2.75, 3.05) is 33.4 Å². The van der Waals surface area contributed by atoms with Crippen molar-refractivity contribution in [2.45, 2.75) is 48.3 Å². The second-order valence-corrected chi connectivity index (χ2v) is 13.0. The van der Waals surface area contributed by atoms with Gasteiger partial charge < -0.3 is 20.1 Å². The van der Waals surface area contributed by atoms with E-state index >= 15 is 8.78 Å². The summed E-state index contributed by atoms with van der Waals surface area (Å²) in [7, 11) is -2.21. The topological polar surface area (TPSA) is 93.7 Å². The van der Waals surface area contributed by atoms with Crippen LogP contribution in [0.4, 0.5) is 8.78 Å². The van der Waals surface area contributed by atoms with Crippen LogP contribution in [0.3, 0.4) is 0 Å². The molecule has 37 heavy (non-hydrogen) atoms. The van der Waals surface area contributed by atoms with Crippen LogP contribution in [0.1, 0.15) is 41.7 Å². The number of carbonyl (C=O) groups is 1. The summed E-state index contributed by atoms with van der Waals surface area (Å²) in [6.45, 7) is 2.78. The van der Waals surface area contributed by atoms with Gasteiger partial charge in [0.15, 0.2) is 9.84 Å². The number of hydrogen-bond donors (Lipinski definition) is 2. The number of benzene rings is 2. The number of likely N-dealkylation sites (N-methyl/N-ethyl adjacent to an activating group) is 1. The number of ether oxygens (including phenoxy) is 2. The lowest BCUT2D eigenvalue weighted by atomic mass is 9.55. The van der Waals surface area contributed by atoms with Crippen molar-refractivity contribution in [2.24, 2.45) is 5.41 Å². The normalized spacial score (nSPS) is 27.2. The summed E-state index contributed by atoms with van der Waals surface area (Å²) >= 11 is 0. The van der Waals surface area contributed by atoms with Gasteiger partial charge in [-0.3, -0.25) is 4.79 Å². The molecule has 200 valence electrons. The summed E-state index contributed by atoms with van der Waals surface area (Å²) in [5, 5.41) is 4.02. The summed E-state index contributed by atoms with van der Waals surface area (Å²) in [4.78, 5) is 11.8. The number of carbonyl (C=O) groups excluding carboxylic acids is 1. The van der Waals surface area contributed by atoms with Crippen LogP contribution in [0.5, 0.6) is 0 Å². The molecule has 1 saturated carbocycles. The minimum absolute atomic E-state index is 0.000322. The third kappa shape index (κ3) is 4.69. The van der Waals surface area contributed by atoms with Gasteiger partial charge in [-0.25, -0.2) is 17.2 Å². The monoisotopic (exact) mass is 534 g/mol. The fourth-order valence-electron chi connectivity index (χ4n) is 6.02. The maximum Gasteiger partial charge on any atom is 0.245 e. The fourth-order valence-corrected chi connectivity index (χ4v) is 8.38. The van der Waals surface area contributed by atoms with E-state index in [-0.39, 0.29) is 42.0 Å². The van der Waals surface area contributed by atoms with E-state index in [2.05, 4.69) is 10.6 Å². The van der Waals surface area contributed by atoms with Crippen molar-refractivity contribution in [3.8, 4) is 0 Å². The minimum Gasteiger partial charge on any atom is -0.380 e. The Labute approximate surface area is 215 Å². The summed E-state index contributed by atoms with van der Waals surface area (Å²) in [6.07, 6.45) is 0.680. The van der Waals surface area contributed by atoms with Gasteiger partial charge in [0.2, 0.25) is 5.91 Å². The lowest BCUT2D eigenvalue weighted by Gasteiger charge is -2.59. The average molecular weight is 535 g/mol. The zero-order valence-electron chi connectivity index (χ0n) is 20.9. The number of hydrogen-bond acceptors (Lipinski definition) is 6. The maximum atomic E-state index is 15.6. The van der Waals surface area contributed by atoms with Crippen LogP contribution in [-0.2, 0) is 36.1 Å². The van der Waals surface area contributed by atoms with E-state index in [1.807, 2.05) is 6.07 Å². The molecule has 2 saturated heterocycles. The maximum absolute atomic E-state index is 15.6. The molecule has 1 amide bonds. The predicted octanol–water partition coefficient (Wildman–Crippen LogP) is 2.79. The average Bonchev–Trinajstić information content (AvgIpc) is 2.82. The van der Waals surface area contributed by atoms with Gasteiger partial charge >= 0.3 is 0 Å². The van der Waals surface area contributed by atoms with Gasteiger partial charge in [-0.2, -0.15) is 0 Å². The van der Waals surface area contributed by atoms with Crippen molar-refractivity contribution < 1.29 is 31.5 Å². The second-order valence-electron chi connectivity index (χ2n) is 10.7. The molecule has 3 fully saturated rings. The van der Waals surface area contributed by atoms with E-state index in [9.17, 15) is 13.2 Å². The zero-order valence-corrected chi connectivity index (χ0v) is 21.7. The molecule has 3 atom stereocenters. The lowest BCUT2D eigenvalue weighted by Crippen LogP contribution is -2.61. The van der Waals surface area contributed by atoms with Crippen LogP contribution in [0.2, 0.25) is 0 Å². The molecule has 2 N–H and O–H groups in total. The molecule has 1 unspecified atom stereocenters. The van der Waals surface area contributed by atoms with Gasteiger partial charge in [-0.05, 0) is 49.4 Å². The Morgan fingerprint density at radius 3 is 2.49 bits per heavy atom. The molecule has 0 aromatic heterocycles.